The Morgan fingerprint density at radius 1 is 0.833 bits per heavy atom. The Kier molecular flexibility index (Phi) is 7.02. The van der Waals surface area contributed by atoms with E-state index in [0.29, 0.717) is 6.42 Å². The Bertz CT molecular complexity index is 961. The van der Waals surface area contributed by atoms with Crippen LogP contribution >= 0.6 is 0 Å². The van der Waals surface area contributed by atoms with Crippen LogP contribution in [0.15, 0.2) is 78.9 Å². The summed E-state index contributed by atoms with van der Waals surface area (Å²) in [6, 6.07) is 25.8. The molecular formula is C26H28N2O2. The van der Waals surface area contributed by atoms with Crippen LogP contribution < -0.4 is 5.32 Å². The highest BCUT2D eigenvalue weighted by Crippen LogP contribution is 2.28. The zero-order valence-corrected chi connectivity index (χ0v) is 17.8. The van der Waals surface area contributed by atoms with Gasteiger partial charge in [-0.3, -0.25) is 9.59 Å². The maximum absolute atomic E-state index is 13.0. The van der Waals surface area contributed by atoms with Crippen LogP contribution in [-0.4, -0.2) is 30.3 Å². The van der Waals surface area contributed by atoms with Crippen molar-refractivity contribution in [3.8, 4) is 0 Å². The number of benzene rings is 3. The SMILES string of the molecule is Cc1cccc(NC(=O)CN(C)C(=O)CC(c2ccccc2)c2ccccc2)c1C. The fraction of sp³-hybridized carbons (Fsp3) is 0.231. The number of nitrogens with zero attached hydrogens (tertiary/aromatic N) is 1. The van der Waals surface area contributed by atoms with E-state index in [1.165, 1.54) is 4.90 Å². The first kappa shape index (κ1) is 21.3. The first-order valence-electron chi connectivity index (χ1n) is 10.2. The minimum absolute atomic E-state index is 0.0164. The van der Waals surface area contributed by atoms with E-state index >= 15 is 0 Å². The quantitative estimate of drug-likeness (QED) is 0.612. The van der Waals surface area contributed by atoms with Gasteiger partial charge in [0, 0.05) is 25.1 Å². The number of rotatable bonds is 7. The minimum Gasteiger partial charge on any atom is -0.336 e. The minimum atomic E-state index is -0.199. The molecule has 0 aliphatic carbocycles. The number of carbonyl (C=O) groups excluding carboxylic acids is 2. The van der Waals surface area contributed by atoms with Gasteiger partial charge in [-0.1, -0.05) is 72.8 Å². The molecule has 0 aromatic heterocycles. The summed E-state index contributed by atoms with van der Waals surface area (Å²) in [5.74, 6) is -0.316. The highest BCUT2D eigenvalue weighted by atomic mass is 16.2. The average Bonchev–Trinajstić information content (AvgIpc) is 2.76. The Balaban J connectivity index is 1.68. The maximum Gasteiger partial charge on any atom is 0.243 e. The molecule has 0 aliphatic heterocycles. The molecular weight excluding hydrogens is 372 g/mol. The number of likely N-dealkylation sites (N-methyl/N-ethyl adjacent to an activating group) is 1. The number of aryl methyl sites for hydroxylation is 1. The molecule has 30 heavy (non-hydrogen) atoms. The molecule has 0 bridgehead atoms. The Morgan fingerprint density at radius 2 is 1.40 bits per heavy atom. The van der Waals surface area contributed by atoms with E-state index in [4.69, 9.17) is 0 Å². The van der Waals surface area contributed by atoms with Crippen molar-refractivity contribution in [2.75, 3.05) is 18.9 Å². The molecule has 1 N–H and O–H groups in total. The van der Waals surface area contributed by atoms with Crippen molar-refractivity contribution in [3.63, 3.8) is 0 Å². The lowest BCUT2D eigenvalue weighted by Crippen LogP contribution is -2.35. The lowest BCUT2D eigenvalue weighted by molar-refractivity contribution is -0.133. The third-order valence-electron chi connectivity index (χ3n) is 5.47. The van der Waals surface area contributed by atoms with Gasteiger partial charge in [-0.15, -0.1) is 0 Å². The molecule has 0 fully saturated rings. The van der Waals surface area contributed by atoms with Gasteiger partial charge in [0.05, 0.1) is 6.54 Å². The van der Waals surface area contributed by atoms with Gasteiger partial charge in [0.25, 0.3) is 0 Å². The molecule has 2 amide bonds. The van der Waals surface area contributed by atoms with Crippen LogP contribution in [0.4, 0.5) is 5.69 Å². The van der Waals surface area contributed by atoms with Crippen LogP contribution in [0.1, 0.15) is 34.6 Å². The number of carbonyl (C=O) groups is 2. The zero-order valence-electron chi connectivity index (χ0n) is 17.8. The second-order valence-corrected chi connectivity index (χ2v) is 7.62. The van der Waals surface area contributed by atoms with Crippen molar-refractivity contribution in [1.29, 1.82) is 0 Å². The fourth-order valence-corrected chi connectivity index (χ4v) is 3.51. The smallest absolute Gasteiger partial charge is 0.243 e. The molecule has 0 unspecified atom stereocenters. The van der Waals surface area contributed by atoms with Gasteiger partial charge < -0.3 is 10.2 Å². The average molecular weight is 401 g/mol. The van der Waals surface area contributed by atoms with Crippen LogP contribution in [0.3, 0.4) is 0 Å². The van der Waals surface area contributed by atoms with Crippen LogP contribution in [0.25, 0.3) is 0 Å². The van der Waals surface area contributed by atoms with Crippen molar-refractivity contribution in [2.24, 2.45) is 0 Å². The van der Waals surface area contributed by atoms with Crippen molar-refractivity contribution < 1.29 is 9.59 Å². The molecule has 154 valence electrons. The molecule has 0 heterocycles. The predicted octanol–water partition coefficient (Wildman–Crippen LogP) is 4.92. The summed E-state index contributed by atoms with van der Waals surface area (Å²) in [4.78, 5) is 27.0. The molecule has 0 atom stereocenters. The highest BCUT2D eigenvalue weighted by Gasteiger charge is 2.21. The number of hydrogen-bond acceptors (Lipinski definition) is 2. The molecule has 3 aromatic rings. The molecule has 0 radical (unpaired) electrons. The van der Waals surface area contributed by atoms with Gasteiger partial charge in [-0.2, -0.15) is 0 Å². The summed E-state index contributed by atoms with van der Waals surface area (Å²) < 4.78 is 0. The van der Waals surface area contributed by atoms with Gasteiger partial charge in [-0.05, 0) is 42.2 Å². The van der Waals surface area contributed by atoms with E-state index < -0.39 is 0 Å². The maximum atomic E-state index is 13.0. The van der Waals surface area contributed by atoms with Crippen molar-refractivity contribution in [2.45, 2.75) is 26.2 Å². The first-order chi connectivity index (χ1) is 14.5. The summed E-state index contributed by atoms with van der Waals surface area (Å²) in [6.45, 7) is 4.00. The number of nitrogens with one attached hydrogen (secondary N) is 1. The molecule has 3 rings (SSSR count). The van der Waals surface area contributed by atoms with Gasteiger partial charge in [0.1, 0.15) is 0 Å². The van der Waals surface area contributed by atoms with Crippen molar-refractivity contribution in [3.05, 3.63) is 101 Å². The van der Waals surface area contributed by atoms with Crippen LogP contribution in [-0.2, 0) is 9.59 Å². The Labute approximate surface area is 178 Å². The van der Waals surface area contributed by atoms with E-state index in [0.717, 1.165) is 27.9 Å². The molecule has 0 aliphatic rings. The number of hydrogen-bond donors (Lipinski definition) is 1. The van der Waals surface area contributed by atoms with Gasteiger partial charge in [0.2, 0.25) is 11.8 Å². The molecule has 0 saturated carbocycles. The van der Waals surface area contributed by atoms with E-state index in [2.05, 4.69) is 5.32 Å². The topological polar surface area (TPSA) is 49.4 Å². The van der Waals surface area contributed by atoms with E-state index in [9.17, 15) is 9.59 Å². The summed E-state index contributed by atoms with van der Waals surface area (Å²) >= 11 is 0. The molecule has 4 nitrogen and oxygen atoms in total. The standard InChI is InChI=1S/C26H28N2O2/c1-19-11-10-16-24(20(19)2)27-25(29)18-28(3)26(30)17-23(21-12-6-4-7-13-21)22-14-8-5-9-15-22/h4-16,23H,17-18H2,1-3H3,(H,27,29). The second-order valence-electron chi connectivity index (χ2n) is 7.62. The summed E-state index contributed by atoms with van der Waals surface area (Å²) in [5, 5.41) is 2.92. The van der Waals surface area contributed by atoms with Gasteiger partial charge in [0.15, 0.2) is 0 Å². The third-order valence-corrected chi connectivity index (χ3v) is 5.47. The number of amides is 2. The van der Waals surface area contributed by atoms with Crippen LogP contribution in [0.5, 0.6) is 0 Å². The Morgan fingerprint density at radius 3 is 1.97 bits per heavy atom. The van der Waals surface area contributed by atoms with Crippen molar-refractivity contribution in [1.82, 2.24) is 4.90 Å². The molecule has 3 aromatic carbocycles. The monoisotopic (exact) mass is 400 g/mol. The van der Waals surface area contributed by atoms with Crippen LogP contribution in [0, 0.1) is 13.8 Å². The van der Waals surface area contributed by atoms with Gasteiger partial charge in [-0.25, -0.2) is 0 Å². The van der Waals surface area contributed by atoms with Crippen molar-refractivity contribution >= 4 is 17.5 Å². The summed E-state index contributed by atoms with van der Waals surface area (Å²) in [5.41, 5.74) is 5.11. The normalized spacial score (nSPS) is 10.7. The van der Waals surface area contributed by atoms with E-state index in [1.54, 1.807) is 7.05 Å². The molecule has 0 saturated heterocycles. The number of anilines is 1. The molecule has 0 spiro atoms. The zero-order chi connectivity index (χ0) is 21.5. The van der Waals surface area contributed by atoms with Gasteiger partial charge >= 0.3 is 0 Å². The lowest BCUT2D eigenvalue weighted by Gasteiger charge is -2.22. The van der Waals surface area contributed by atoms with Crippen LogP contribution in [0.2, 0.25) is 0 Å². The Hall–Kier alpha value is -3.40. The fourth-order valence-electron chi connectivity index (χ4n) is 3.51. The van der Waals surface area contributed by atoms with E-state index in [1.807, 2.05) is 92.7 Å². The lowest BCUT2D eigenvalue weighted by atomic mass is 9.88. The molecule has 4 heteroatoms. The summed E-state index contributed by atoms with van der Waals surface area (Å²) in [7, 11) is 1.68. The van der Waals surface area contributed by atoms with E-state index in [-0.39, 0.29) is 24.3 Å². The first-order valence-corrected chi connectivity index (χ1v) is 10.2. The highest BCUT2D eigenvalue weighted by molar-refractivity contribution is 5.95. The predicted molar refractivity (Wildman–Crippen MR) is 122 cm³/mol. The second kappa shape index (κ2) is 9.88. The summed E-state index contributed by atoms with van der Waals surface area (Å²) in [6.07, 6.45) is 0.307. The third kappa shape index (κ3) is 5.35. The largest absolute Gasteiger partial charge is 0.336 e.